The Morgan fingerprint density at radius 2 is 2.47 bits per heavy atom. The number of terminal acetylenes is 1. The Bertz CT molecular complexity index is 386. The second-order valence-corrected chi connectivity index (χ2v) is 4.71. The second-order valence-electron chi connectivity index (χ2n) is 3.49. The second kappa shape index (κ2) is 7.75. The molecule has 17 heavy (non-hydrogen) atoms. The van der Waals surface area contributed by atoms with Crippen LogP contribution in [0.4, 0.5) is 0 Å². The lowest BCUT2D eigenvalue weighted by molar-refractivity contribution is -0.120. The Balaban J connectivity index is 2.60. The molecule has 0 aliphatic heterocycles. The van der Waals surface area contributed by atoms with Crippen molar-refractivity contribution in [2.75, 3.05) is 6.54 Å². The van der Waals surface area contributed by atoms with Gasteiger partial charge < -0.3 is 5.32 Å². The number of nitrogens with one attached hydrogen (secondary N) is 1. The van der Waals surface area contributed by atoms with Crippen LogP contribution in [0.2, 0.25) is 0 Å². The molecule has 0 aliphatic carbocycles. The van der Waals surface area contributed by atoms with Crippen molar-refractivity contribution in [1.29, 1.82) is 0 Å². The summed E-state index contributed by atoms with van der Waals surface area (Å²) in [4.78, 5) is 16.0. The summed E-state index contributed by atoms with van der Waals surface area (Å²) in [7, 11) is 0. The molecule has 0 aromatic carbocycles. The molecule has 1 heterocycles. The molecule has 90 valence electrons. The van der Waals surface area contributed by atoms with Gasteiger partial charge in [0.15, 0.2) is 0 Å². The largest absolute Gasteiger partial charge is 0.344 e. The molecule has 1 rings (SSSR count). The molecule has 1 aromatic heterocycles. The minimum atomic E-state index is -0.122. The van der Waals surface area contributed by atoms with Gasteiger partial charge in [0.1, 0.15) is 0 Å². The van der Waals surface area contributed by atoms with E-state index in [-0.39, 0.29) is 17.7 Å². The molecule has 1 N–H and O–H groups in total. The van der Waals surface area contributed by atoms with Crippen molar-refractivity contribution in [1.82, 2.24) is 10.3 Å². The van der Waals surface area contributed by atoms with Gasteiger partial charge in [0.05, 0.1) is 16.8 Å². The molecule has 0 bridgehead atoms. The van der Waals surface area contributed by atoms with Crippen molar-refractivity contribution in [3.63, 3.8) is 0 Å². The van der Waals surface area contributed by atoms with E-state index in [1.807, 2.05) is 18.2 Å². The number of aromatic nitrogens is 1. The standard InChI is InChI=1S/C13H16N2OS/c1-3-7-11(13(16)15-9-4-2)17-12-8-5-6-10-14-12/h2,5-6,8,10-11H,3,7,9H2,1H3,(H,15,16). The molecule has 0 aliphatic rings. The van der Waals surface area contributed by atoms with Crippen molar-refractivity contribution in [3.05, 3.63) is 24.4 Å². The topological polar surface area (TPSA) is 42.0 Å². The van der Waals surface area contributed by atoms with E-state index in [4.69, 9.17) is 6.42 Å². The van der Waals surface area contributed by atoms with E-state index in [0.717, 1.165) is 17.9 Å². The lowest BCUT2D eigenvalue weighted by atomic mass is 10.2. The molecule has 1 aromatic rings. The van der Waals surface area contributed by atoms with E-state index in [2.05, 4.69) is 23.1 Å². The highest BCUT2D eigenvalue weighted by Crippen LogP contribution is 2.24. The highest BCUT2D eigenvalue weighted by atomic mass is 32.2. The molecule has 0 saturated heterocycles. The van der Waals surface area contributed by atoms with Gasteiger partial charge in [-0.2, -0.15) is 0 Å². The van der Waals surface area contributed by atoms with Gasteiger partial charge in [0.25, 0.3) is 0 Å². The number of thioether (sulfide) groups is 1. The number of rotatable bonds is 6. The Morgan fingerprint density at radius 1 is 1.65 bits per heavy atom. The number of carbonyl (C=O) groups excluding carboxylic acids is 1. The van der Waals surface area contributed by atoms with E-state index in [0.29, 0.717) is 0 Å². The van der Waals surface area contributed by atoms with E-state index in [1.165, 1.54) is 11.8 Å². The van der Waals surface area contributed by atoms with Gasteiger partial charge in [-0.25, -0.2) is 4.98 Å². The molecule has 0 saturated carbocycles. The number of hydrogen-bond acceptors (Lipinski definition) is 3. The van der Waals surface area contributed by atoms with E-state index >= 15 is 0 Å². The molecule has 3 nitrogen and oxygen atoms in total. The molecule has 0 fully saturated rings. The van der Waals surface area contributed by atoms with Crippen molar-refractivity contribution in [2.24, 2.45) is 0 Å². The lowest BCUT2D eigenvalue weighted by Crippen LogP contribution is -2.32. The number of carbonyl (C=O) groups is 1. The quantitative estimate of drug-likeness (QED) is 0.619. The highest BCUT2D eigenvalue weighted by molar-refractivity contribution is 8.00. The minimum Gasteiger partial charge on any atom is -0.344 e. The van der Waals surface area contributed by atoms with Crippen LogP contribution in [0.3, 0.4) is 0 Å². The third-order valence-corrected chi connectivity index (χ3v) is 3.33. The minimum absolute atomic E-state index is 0.0135. The van der Waals surface area contributed by atoms with E-state index < -0.39 is 0 Å². The normalized spacial score (nSPS) is 11.5. The van der Waals surface area contributed by atoms with Crippen molar-refractivity contribution in [3.8, 4) is 12.3 Å². The Morgan fingerprint density at radius 3 is 3.06 bits per heavy atom. The summed E-state index contributed by atoms with van der Waals surface area (Å²) < 4.78 is 0. The van der Waals surface area contributed by atoms with Gasteiger partial charge in [-0.05, 0) is 18.6 Å². The molecule has 1 atom stereocenters. The Hall–Kier alpha value is -1.47. The lowest BCUT2D eigenvalue weighted by Gasteiger charge is -2.14. The average Bonchev–Trinajstić information content (AvgIpc) is 2.36. The summed E-state index contributed by atoms with van der Waals surface area (Å²) in [6.45, 7) is 2.34. The fraction of sp³-hybridized carbons (Fsp3) is 0.385. The summed E-state index contributed by atoms with van der Waals surface area (Å²) >= 11 is 1.48. The van der Waals surface area contributed by atoms with Crippen LogP contribution >= 0.6 is 11.8 Å². The highest BCUT2D eigenvalue weighted by Gasteiger charge is 2.18. The maximum atomic E-state index is 11.8. The van der Waals surface area contributed by atoms with Crippen LogP contribution in [-0.4, -0.2) is 22.7 Å². The summed E-state index contributed by atoms with van der Waals surface area (Å²) in [5.41, 5.74) is 0. The van der Waals surface area contributed by atoms with Crippen LogP contribution in [0.25, 0.3) is 0 Å². The zero-order chi connectivity index (χ0) is 12.5. The summed E-state index contributed by atoms with van der Waals surface area (Å²) in [5, 5.41) is 3.45. The molecule has 0 spiro atoms. The predicted molar refractivity (Wildman–Crippen MR) is 70.6 cm³/mol. The third kappa shape index (κ3) is 4.92. The van der Waals surface area contributed by atoms with Crippen molar-refractivity contribution >= 4 is 17.7 Å². The molecule has 1 amide bonds. The monoisotopic (exact) mass is 248 g/mol. The van der Waals surface area contributed by atoms with Crippen LogP contribution in [0.15, 0.2) is 29.4 Å². The Kier molecular flexibility index (Phi) is 6.19. The number of pyridine rings is 1. The number of amides is 1. The maximum Gasteiger partial charge on any atom is 0.234 e. The van der Waals surface area contributed by atoms with Gasteiger partial charge in [0.2, 0.25) is 5.91 Å². The zero-order valence-corrected chi connectivity index (χ0v) is 10.7. The fourth-order valence-corrected chi connectivity index (χ4v) is 2.43. The summed E-state index contributed by atoms with van der Waals surface area (Å²) in [5.74, 6) is 2.39. The van der Waals surface area contributed by atoms with Gasteiger partial charge >= 0.3 is 0 Å². The van der Waals surface area contributed by atoms with Crippen LogP contribution in [0.1, 0.15) is 19.8 Å². The molecular formula is C13H16N2OS. The maximum absolute atomic E-state index is 11.8. The number of hydrogen-bond donors (Lipinski definition) is 1. The molecule has 4 heteroatoms. The van der Waals surface area contributed by atoms with E-state index in [1.54, 1.807) is 6.20 Å². The van der Waals surface area contributed by atoms with Crippen molar-refractivity contribution < 1.29 is 4.79 Å². The first-order valence-corrected chi connectivity index (χ1v) is 6.44. The van der Waals surface area contributed by atoms with Crippen LogP contribution in [-0.2, 0) is 4.79 Å². The molecule has 0 radical (unpaired) electrons. The Labute approximate surface area is 106 Å². The van der Waals surface area contributed by atoms with E-state index in [9.17, 15) is 4.79 Å². The first-order valence-electron chi connectivity index (χ1n) is 5.56. The summed E-state index contributed by atoms with van der Waals surface area (Å²) in [6.07, 6.45) is 8.62. The molecular weight excluding hydrogens is 232 g/mol. The van der Waals surface area contributed by atoms with Crippen LogP contribution in [0.5, 0.6) is 0 Å². The van der Waals surface area contributed by atoms with Gasteiger partial charge in [0, 0.05) is 6.20 Å². The van der Waals surface area contributed by atoms with Crippen LogP contribution in [0, 0.1) is 12.3 Å². The fourth-order valence-electron chi connectivity index (χ4n) is 1.32. The van der Waals surface area contributed by atoms with Crippen LogP contribution < -0.4 is 5.32 Å². The van der Waals surface area contributed by atoms with Gasteiger partial charge in [-0.1, -0.05) is 37.1 Å². The van der Waals surface area contributed by atoms with Gasteiger partial charge in [-0.15, -0.1) is 6.42 Å². The first-order chi connectivity index (χ1) is 8.27. The van der Waals surface area contributed by atoms with Gasteiger partial charge in [-0.3, -0.25) is 4.79 Å². The smallest absolute Gasteiger partial charge is 0.234 e. The first kappa shape index (κ1) is 13.6. The number of nitrogens with zero attached hydrogens (tertiary/aromatic N) is 1. The SMILES string of the molecule is C#CCNC(=O)C(CCC)Sc1ccccn1. The average molecular weight is 248 g/mol. The zero-order valence-electron chi connectivity index (χ0n) is 9.85. The predicted octanol–water partition coefficient (Wildman–Crippen LogP) is 2.09. The molecule has 1 unspecified atom stereocenters. The summed E-state index contributed by atoms with van der Waals surface area (Å²) in [6, 6.07) is 5.68. The van der Waals surface area contributed by atoms with Crippen molar-refractivity contribution in [2.45, 2.75) is 30.0 Å². The third-order valence-electron chi connectivity index (χ3n) is 2.11.